The summed E-state index contributed by atoms with van der Waals surface area (Å²) in [6.07, 6.45) is 4.54. The number of amides is 1. The van der Waals surface area contributed by atoms with Crippen molar-refractivity contribution in [3.05, 3.63) is 0 Å². The van der Waals surface area contributed by atoms with Gasteiger partial charge in [0.1, 0.15) is 17.2 Å². The second-order valence-corrected chi connectivity index (χ2v) is 6.14. The average molecular weight is 269 g/mol. The summed E-state index contributed by atoms with van der Waals surface area (Å²) in [6, 6.07) is -0.904. The highest BCUT2D eigenvalue weighted by molar-refractivity contribution is 5.82. The second kappa shape index (κ2) is 6.46. The van der Waals surface area contributed by atoms with Crippen LogP contribution in [-0.4, -0.2) is 29.3 Å². The maximum atomic E-state index is 11.9. The van der Waals surface area contributed by atoms with E-state index in [9.17, 15) is 9.59 Å². The SMILES string of the molecule is C#CC[C@@H](NC(=O)OC(C)(C)C)C(=O)OC(C)(C)C. The third-order valence-corrected chi connectivity index (χ3v) is 1.70. The van der Waals surface area contributed by atoms with Crippen molar-refractivity contribution < 1.29 is 19.1 Å². The summed E-state index contributed by atoms with van der Waals surface area (Å²) >= 11 is 0. The van der Waals surface area contributed by atoms with E-state index in [1.54, 1.807) is 41.5 Å². The zero-order valence-corrected chi connectivity index (χ0v) is 12.5. The molecule has 0 bridgehead atoms. The van der Waals surface area contributed by atoms with Gasteiger partial charge < -0.3 is 14.8 Å². The fourth-order valence-corrected chi connectivity index (χ4v) is 1.13. The minimum Gasteiger partial charge on any atom is -0.458 e. The average Bonchev–Trinajstić information content (AvgIpc) is 2.10. The second-order valence-electron chi connectivity index (χ2n) is 6.14. The van der Waals surface area contributed by atoms with Crippen LogP contribution in [0.3, 0.4) is 0 Å². The number of terminal acetylenes is 1. The van der Waals surface area contributed by atoms with E-state index in [0.717, 1.165) is 0 Å². The molecular formula is C14H23NO4. The molecule has 108 valence electrons. The molecule has 0 rings (SSSR count). The smallest absolute Gasteiger partial charge is 0.408 e. The highest BCUT2D eigenvalue weighted by atomic mass is 16.6. The molecule has 0 aromatic carbocycles. The first-order valence-corrected chi connectivity index (χ1v) is 6.10. The van der Waals surface area contributed by atoms with Gasteiger partial charge in [0.25, 0.3) is 0 Å². The summed E-state index contributed by atoms with van der Waals surface area (Å²) in [5, 5.41) is 2.42. The number of carbonyl (C=O) groups is 2. The fourth-order valence-electron chi connectivity index (χ4n) is 1.13. The number of carbonyl (C=O) groups excluding carboxylic acids is 2. The van der Waals surface area contributed by atoms with E-state index >= 15 is 0 Å². The Hall–Kier alpha value is -1.70. The molecule has 0 fully saturated rings. The third kappa shape index (κ3) is 8.95. The van der Waals surface area contributed by atoms with Crippen LogP contribution in [0.15, 0.2) is 0 Å². The summed E-state index contributed by atoms with van der Waals surface area (Å²) in [6.45, 7) is 10.4. The molecule has 0 aliphatic heterocycles. The van der Waals surface area contributed by atoms with Gasteiger partial charge in [-0.05, 0) is 41.5 Å². The molecular weight excluding hydrogens is 246 g/mol. The van der Waals surface area contributed by atoms with E-state index in [1.807, 2.05) is 0 Å². The molecule has 0 unspecified atom stereocenters. The molecule has 5 nitrogen and oxygen atoms in total. The Morgan fingerprint density at radius 2 is 1.58 bits per heavy atom. The molecule has 0 aromatic heterocycles. The molecule has 1 atom stereocenters. The zero-order valence-electron chi connectivity index (χ0n) is 12.5. The van der Waals surface area contributed by atoms with Gasteiger partial charge in [0.05, 0.1) is 0 Å². The van der Waals surface area contributed by atoms with E-state index < -0.39 is 29.3 Å². The molecule has 0 heterocycles. The van der Waals surface area contributed by atoms with Crippen molar-refractivity contribution in [2.75, 3.05) is 0 Å². The van der Waals surface area contributed by atoms with Crippen LogP contribution in [0.2, 0.25) is 0 Å². The molecule has 1 N–H and O–H groups in total. The molecule has 19 heavy (non-hydrogen) atoms. The molecule has 0 aromatic rings. The maximum Gasteiger partial charge on any atom is 0.408 e. The Morgan fingerprint density at radius 3 is 1.95 bits per heavy atom. The lowest BCUT2D eigenvalue weighted by molar-refractivity contribution is -0.157. The van der Waals surface area contributed by atoms with Crippen LogP contribution in [0.25, 0.3) is 0 Å². The quantitative estimate of drug-likeness (QED) is 0.630. The van der Waals surface area contributed by atoms with Crippen LogP contribution in [0, 0.1) is 12.3 Å². The summed E-state index contributed by atoms with van der Waals surface area (Å²) in [5.41, 5.74) is -1.28. The Labute approximate surface area is 115 Å². The summed E-state index contributed by atoms with van der Waals surface area (Å²) in [4.78, 5) is 23.5. The summed E-state index contributed by atoms with van der Waals surface area (Å²) in [5.74, 6) is 1.76. The number of rotatable bonds is 3. The third-order valence-electron chi connectivity index (χ3n) is 1.70. The summed E-state index contributed by atoms with van der Waals surface area (Å²) in [7, 11) is 0. The molecule has 0 saturated carbocycles. The van der Waals surface area contributed by atoms with Gasteiger partial charge in [-0.1, -0.05) is 0 Å². The van der Waals surface area contributed by atoms with Gasteiger partial charge in [0.2, 0.25) is 0 Å². The molecule has 0 radical (unpaired) electrons. The van der Waals surface area contributed by atoms with Crippen LogP contribution in [0.1, 0.15) is 48.0 Å². The molecule has 0 aliphatic carbocycles. The van der Waals surface area contributed by atoms with Crippen LogP contribution in [0.4, 0.5) is 4.79 Å². The predicted molar refractivity (Wildman–Crippen MR) is 72.5 cm³/mol. The molecule has 0 spiro atoms. The normalized spacial score (nSPS) is 13.1. The van der Waals surface area contributed by atoms with Crippen molar-refractivity contribution in [1.82, 2.24) is 5.32 Å². The highest BCUT2D eigenvalue weighted by Crippen LogP contribution is 2.11. The Morgan fingerprint density at radius 1 is 1.11 bits per heavy atom. The van der Waals surface area contributed by atoms with Crippen LogP contribution in [0.5, 0.6) is 0 Å². The monoisotopic (exact) mass is 269 g/mol. The van der Waals surface area contributed by atoms with E-state index in [0.29, 0.717) is 0 Å². The van der Waals surface area contributed by atoms with Crippen LogP contribution < -0.4 is 5.32 Å². The number of nitrogens with one attached hydrogen (secondary N) is 1. The molecule has 1 amide bonds. The van der Waals surface area contributed by atoms with Crippen molar-refractivity contribution in [1.29, 1.82) is 0 Å². The van der Waals surface area contributed by atoms with Gasteiger partial charge in [-0.3, -0.25) is 0 Å². The first kappa shape index (κ1) is 17.3. The number of ether oxygens (including phenoxy) is 2. The fraction of sp³-hybridized carbons (Fsp3) is 0.714. The molecule has 0 saturated heterocycles. The first-order valence-electron chi connectivity index (χ1n) is 6.10. The van der Waals surface area contributed by atoms with Gasteiger partial charge in [-0.15, -0.1) is 12.3 Å². The zero-order chi connectivity index (χ0) is 15.3. The number of hydrogen-bond acceptors (Lipinski definition) is 4. The Kier molecular flexibility index (Phi) is 5.88. The lowest BCUT2D eigenvalue weighted by Gasteiger charge is -2.25. The highest BCUT2D eigenvalue weighted by Gasteiger charge is 2.27. The van der Waals surface area contributed by atoms with Crippen molar-refractivity contribution in [2.45, 2.75) is 65.2 Å². The van der Waals surface area contributed by atoms with Gasteiger partial charge in [0, 0.05) is 6.42 Å². The summed E-state index contributed by atoms with van der Waals surface area (Å²) < 4.78 is 10.2. The van der Waals surface area contributed by atoms with E-state index in [-0.39, 0.29) is 6.42 Å². The minimum atomic E-state index is -0.904. The first-order chi connectivity index (χ1) is 8.44. The largest absolute Gasteiger partial charge is 0.458 e. The predicted octanol–water partition coefficient (Wildman–Crippen LogP) is 2.24. The van der Waals surface area contributed by atoms with Crippen LogP contribution in [-0.2, 0) is 14.3 Å². The molecule has 5 heteroatoms. The van der Waals surface area contributed by atoms with E-state index in [2.05, 4.69) is 11.2 Å². The number of esters is 1. The van der Waals surface area contributed by atoms with Crippen molar-refractivity contribution in [2.24, 2.45) is 0 Å². The maximum absolute atomic E-state index is 11.9. The van der Waals surface area contributed by atoms with Gasteiger partial charge in [-0.2, -0.15) is 0 Å². The van der Waals surface area contributed by atoms with Crippen LogP contribution >= 0.6 is 0 Å². The topological polar surface area (TPSA) is 64.6 Å². The van der Waals surface area contributed by atoms with Crippen molar-refractivity contribution in [3.63, 3.8) is 0 Å². The van der Waals surface area contributed by atoms with Gasteiger partial charge in [0.15, 0.2) is 0 Å². The van der Waals surface area contributed by atoms with E-state index in [4.69, 9.17) is 15.9 Å². The van der Waals surface area contributed by atoms with E-state index in [1.165, 1.54) is 0 Å². The van der Waals surface area contributed by atoms with Gasteiger partial charge in [-0.25, -0.2) is 9.59 Å². The Bertz CT molecular complexity index is 368. The lowest BCUT2D eigenvalue weighted by atomic mass is 10.1. The lowest BCUT2D eigenvalue weighted by Crippen LogP contribution is -2.45. The number of alkyl carbamates (subject to hydrolysis) is 1. The number of hydrogen-bond donors (Lipinski definition) is 1. The standard InChI is InChI=1S/C14H23NO4/c1-8-9-10(11(16)18-13(2,3)4)15-12(17)19-14(5,6)7/h1,10H,9H2,2-7H3,(H,15,17)/t10-/m1/s1. The van der Waals surface area contributed by atoms with Crippen molar-refractivity contribution in [3.8, 4) is 12.3 Å². The van der Waals surface area contributed by atoms with Crippen molar-refractivity contribution >= 4 is 12.1 Å². The molecule has 0 aliphatic rings. The van der Waals surface area contributed by atoms with Gasteiger partial charge >= 0.3 is 12.1 Å². The Balaban J connectivity index is 4.63. The minimum absolute atomic E-state index is 0.0498.